The summed E-state index contributed by atoms with van der Waals surface area (Å²) >= 11 is 0. The molecule has 0 saturated carbocycles. The standard InChI is InChI=1S/C13H26N2O3/c1-5-11(6-2)15-13(18)14-8-10(12(16)17)7-9(3)4/h9-11H,5-8H2,1-4H3,(H,16,17)(H2,14,15,18). The molecule has 0 spiro atoms. The van der Waals surface area contributed by atoms with Crippen molar-refractivity contribution >= 4 is 12.0 Å². The molecule has 1 atom stereocenters. The molecule has 0 aliphatic rings. The minimum atomic E-state index is -0.855. The third-order valence-electron chi connectivity index (χ3n) is 2.93. The summed E-state index contributed by atoms with van der Waals surface area (Å²) in [4.78, 5) is 22.6. The molecule has 0 bridgehead atoms. The summed E-state index contributed by atoms with van der Waals surface area (Å²) in [5.41, 5.74) is 0. The van der Waals surface area contributed by atoms with E-state index in [9.17, 15) is 9.59 Å². The van der Waals surface area contributed by atoms with Crippen LogP contribution < -0.4 is 10.6 Å². The summed E-state index contributed by atoms with van der Waals surface area (Å²) in [6.07, 6.45) is 2.32. The van der Waals surface area contributed by atoms with Crippen LogP contribution in [0.3, 0.4) is 0 Å². The summed E-state index contributed by atoms with van der Waals surface area (Å²) < 4.78 is 0. The van der Waals surface area contributed by atoms with Crippen LogP contribution in [-0.2, 0) is 4.79 Å². The number of urea groups is 1. The van der Waals surface area contributed by atoms with Crippen molar-refractivity contribution < 1.29 is 14.7 Å². The zero-order valence-corrected chi connectivity index (χ0v) is 11.8. The maximum atomic E-state index is 11.6. The first-order valence-corrected chi connectivity index (χ1v) is 6.67. The average Bonchev–Trinajstić information content (AvgIpc) is 2.30. The smallest absolute Gasteiger partial charge is 0.315 e. The Hall–Kier alpha value is -1.26. The van der Waals surface area contributed by atoms with Crippen molar-refractivity contribution in [3.63, 3.8) is 0 Å². The molecule has 0 saturated heterocycles. The number of carbonyl (C=O) groups is 2. The van der Waals surface area contributed by atoms with Gasteiger partial charge in [-0.05, 0) is 25.2 Å². The number of nitrogens with one attached hydrogen (secondary N) is 2. The molecular formula is C13H26N2O3. The molecular weight excluding hydrogens is 232 g/mol. The first kappa shape index (κ1) is 16.7. The maximum absolute atomic E-state index is 11.6. The minimum Gasteiger partial charge on any atom is -0.481 e. The van der Waals surface area contributed by atoms with Crippen molar-refractivity contribution in [2.45, 2.75) is 53.0 Å². The van der Waals surface area contributed by atoms with E-state index in [2.05, 4.69) is 10.6 Å². The van der Waals surface area contributed by atoms with E-state index in [0.717, 1.165) is 12.8 Å². The Kier molecular flexibility index (Phi) is 8.16. The largest absolute Gasteiger partial charge is 0.481 e. The first-order valence-electron chi connectivity index (χ1n) is 6.67. The van der Waals surface area contributed by atoms with Crippen LogP contribution in [0, 0.1) is 11.8 Å². The molecule has 0 aromatic rings. The number of aliphatic carboxylic acids is 1. The van der Waals surface area contributed by atoms with Crippen LogP contribution in [0.5, 0.6) is 0 Å². The molecule has 5 heteroatoms. The van der Waals surface area contributed by atoms with Crippen LogP contribution in [0.15, 0.2) is 0 Å². The van der Waals surface area contributed by atoms with Gasteiger partial charge >= 0.3 is 12.0 Å². The number of carboxylic acid groups (broad SMARTS) is 1. The van der Waals surface area contributed by atoms with E-state index in [4.69, 9.17) is 5.11 Å². The zero-order valence-electron chi connectivity index (χ0n) is 11.8. The summed E-state index contributed by atoms with van der Waals surface area (Å²) in [7, 11) is 0. The SMILES string of the molecule is CCC(CC)NC(=O)NCC(CC(C)C)C(=O)O. The maximum Gasteiger partial charge on any atom is 0.315 e. The predicted molar refractivity (Wildman–Crippen MR) is 71.5 cm³/mol. The van der Waals surface area contributed by atoms with Gasteiger partial charge in [-0.3, -0.25) is 4.79 Å². The van der Waals surface area contributed by atoms with Gasteiger partial charge in [-0.15, -0.1) is 0 Å². The molecule has 0 aromatic carbocycles. The van der Waals surface area contributed by atoms with E-state index >= 15 is 0 Å². The lowest BCUT2D eigenvalue weighted by molar-refractivity contribution is -0.142. The Morgan fingerprint density at radius 3 is 2.11 bits per heavy atom. The molecule has 3 N–H and O–H groups in total. The van der Waals surface area contributed by atoms with Crippen molar-refractivity contribution in [2.24, 2.45) is 11.8 Å². The summed E-state index contributed by atoms with van der Waals surface area (Å²) in [5.74, 6) is -1.07. The number of hydrogen-bond acceptors (Lipinski definition) is 2. The van der Waals surface area contributed by atoms with Gasteiger partial charge in [-0.25, -0.2) is 4.79 Å². The first-order chi connectivity index (χ1) is 8.40. The molecule has 0 fully saturated rings. The topological polar surface area (TPSA) is 78.4 Å². The lowest BCUT2D eigenvalue weighted by atomic mass is 9.97. The van der Waals surface area contributed by atoms with E-state index < -0.39 is 11.9 Å². The number of amides is 2. The van der Waals surface area contributed by atoms with Gasteiger partial charge in [0.15, 0.2) is 0 Å². The molecule has 0 radical (unpaired) electrons. The Morgan fingerprint density at radius 1 is 1.17 bits per heavy atom. The lowest BCUT2D eigenvalue weighted by Gasteiger charge is -2.18. The summed E-state index contributed by atoms with van der Waals surface area (Å²) in [6.45, 7) is 8.14. The van der Waals surface area contributed by atoms with Gasteiger partial charge in [0.2, 0.25) is 0 Å². The molecule has 106 valence electrons. The molecule has 0 rings (SSSR count). The van der Waals surface area contributed by atoms with Gasteiger partial charge in [0.1, 0.15) is 0 Å². The molecule has 0 aliphatic heterocycles. The fourth-order valence-electron chi connectivity index (χ4n) is 1.79. The van der Waals surface area contributed by atoms with Gasteiger partial charge < -0.3 is 15.7 Å². The highest BCUT2D eigenvalue weighted by atomic mass is 16.4. The molecule has 5 nitrogen and oxygen atoms in total. The highest BCUT2D eigenvalue weighted by Crippen LogP contribution is 2.11. The fourth-order valence-corrected chi connectivity index (χ4v) is 1.79. The highest BCUT2D eigenvalue weighted by Gasteiger charge is 2.19. The van der Waals surface area contributed by atoms with E-state index in [-0.39, 0.29) is 18.6 Å². The van der Waals surface area contributed by atoms with Crippen LogP contribution in [0.1, 0.15) is 47.0 Å². The van der Waals surface area contributed by atoms with Crippen LogP contribution >= 0.6 is 0 Å². The number of hydrogen-bond donors (Lipinski definition) is 3. The molecule has 2 amide bonds. The second kappa shape index (κ2) is 8.78. The summed E-state index contributed by atoms with van der Waals surface area (Å²) in [6, 6.07) is -0.128. The Bertz CT molecular complexity index is 263. The van der Waals surface area contributed by atoms with E-state index in [0.29, 0.717) is 12.3 Å². The third-order valence-corrected chi connectivity index (χ3v) is 2.93. The number of carbonyl (C=O) groups excluding carboxylic acids is 1. The zero-order chi connectivity index (χ0) is 14.1. The van der Waals surface area contributed by atoms with E-state index in [1.54, 1.807) is 0 Å². The fraction of sp³-hybridized carbons (Fsp3) is 0.846. The second-order valence-corrected chi connectivity index (χ2v) is 5.03. The third kappa shape index (κ3) is 7.14. The molecule has 18 heavy (non-hydrogen) atoms. The average molecular weight is 258 g/mol. The van der Waals surface area contributed by atoms with Crippen molar-refractivity contribution in [2.75, 3.05) is 6.54 Å². The van der Waals surface area contributed by atoms with Crippen LogP contribution in [-0.4, -0.2) is 29.7 Å². The molecule has 0 heterocycles. The van der Waals surface area contributed by atoms with Crippen LogP contribution in [0.2, 0.25) is 0 Å². The second-order valence-electron chi connectivity index (χ2n) is 5.03. The predicted octanol–water partition coefficient (Wildman–Crippen LogP) is 2.22. The van der Waals surface area contributed by atoms with Crippen LogP contribution in [0.25, 0.3) is 0 Å². The normalized spacial score (nSPS) is 12.6. The van der Waals surface area contributed by atoms with Gasteiger partial charge in [-0.1, -0.05) is 27.7 Å². The van der Waals surface area contributed by atoms with E-state index in [1.165, 1.54) is 0 Å². The number of carboxylic acids is 1. The Labute approximate surface area is 109 Å². The van der Waals surface area contributed by atoms with Crippen molar-refractivity contribution in [3.8, 4) is 0 Å². The van der Waals surface area contributed by atoms with Crippen molar-refractivity contribution in [1.29, 1.82) is 0 Å². The summed E-state index contributed by atoms with van der Waals surface area (Å²) in [5, 5.41) is 14.5. The van der Waals surface area contributed by atoms with Gasteiger partial charge in [0.25, 0.3) is 0 Å². The molecule has 0 aliphatic carbocycles. The molecule has 0 aromatic heterocycles. The number of rotatable bonds is 8. The highest BCUT2D eigenvalue weighted by molar-refractivity contribution is 5.76. The molecule has 1 unspecified atom stereocenters. The van der Waals surface area contributed by atoms with Gasteiger partial charge in [0, 0.05) is 12.6 Å². The monoisotopic (exact) mass is 258 g/mol. The minimum absolute atomic E-state index is 0.151. The van der Waals surface area contributed by atoms with Crippen molar-refractivity contribution in [3.05, 3.63) is 0 Å². The van der Waals surface area contributed by atoms with Crippen molar-refractivity contribution in [1.82, 2.24) is 10.6 Å². The Balaban J connectivity index is 4.10. The van der Waals surface area contributed by atoms with Gasteiger partial charge in [-0.2, -0.15) is 0 Å². The Morgan fingerprint density at radius 2 is 1.72 bits per heavy atom. The van der Waals surface area contributed by atoms with Crippen LogP contribution in [0.4, 0.5) is 4.79 Å². The quantitative estimate of drug-likeness (QED) is 0.624. The van der Waals surface area contributed by atoms with Gasteiger partial charge in [0.05, 0.1) is 5.92 Å². The van der Waals surface area contributed by atoms with E-state index in [1.807, 2.05) is 27.7 Å². The lowest BCUT2D eigenvalue weighted by Crippen LogP contribution is -2.44.